The zero-order chi connectivity index (χ0) is 16.3. The van der Waals surface area contributed by atoms with Gasteiger partial charge in [0.1, 0.15) is 0 Å². The first-order valence-electron chi connectivity index (χ1n) is 5.16. The summed E-state index contributed by atoms with van der Waals surface area (Å²) in [7, 11) is -5.55. The van der Waals surface area contributed by atoms with Crippen LogP contribution in [0.3, 0.4) is 0 Å². The van der Waals surface area contributed by atoms with E-state index in [2.05, 4.69) is 25.4 Å². The van der Waals surface area contributed by atoms with E-state index in [0.29, 0.717) is 4.47 Å². The number of hydrogen-bond acceptors (Lipinski definition) is 4. The van der Waals surface area contributed by atoms with Gasteiger partial charge in [0.15, 0.2) is 10.0 Å². The minimum Gasteiger partial charge on any atom is -0.538 e. The second-order valence-electron chi connectivity index (χ2n) is 3.57. The van der Waals surface area contributed by atoms with Gasteiger partial charge in [0, 0.05) is 8.04 Å². The van der Waals surface area contributed by atoms with Gasteiger partial charge >= 0.3 is 11.5 Å². The van der Waals surface area contributed by atoms with E-state index in [9.17, 15) is 26.4 Å². The maximum Gasteiger partial charge on any atom is 0.480 e. The molecule has 0 fully saturated rings. The average molecular weight is 501 g/mol. The van der Waals surface area contributed by atoms with Crippen LogP contribution in [-0.2, 0) is 14.8 Å². The van der Waals surface area contributed by atoms with Crippen LogP contribution in [0.5, 0.6) is 0 Å². The van der Waals surface area contributed by atoms with Crippen LogP contribution in [0.1, 0.15) is 10.4 Å². The van der Waals surface area contributed by atoms with E-state index >= 15 is 0 Å². The van der Waals surface area contributed by atoms with Crippen molar-refractivity contribution in [2.45, 2.75) is 5.51 Å². The lowest BCUT2D eigenvalue weighted by Crippen LogP contribution is -2.23. The molecule has 0 saturated heterocycles. The highest BCUT2D eigenvalue weighted by Gasteiger charge is 2.38. The Labute approximate surface area is 140 Å². The Morgan fingerprint density at radius 3 is 2.48 bits per heavy atom. The van der Waals surface area contributed by atoms with Crippen molar-refractivity contribution in [2.75, 3.05) is 13.2 Å². The number of nitrogens with zero attached hydrogens (tertiary/aromatic N) is 1. The Balaban J connectivity index is 2.52. The number of ether oxygens (including phenoxy) is 1. The van der Waals surface area contributed by atoms with Crippen LogP contribution in [0.15, 0.2) is 22.7 Å². The molecule has 5 nitrogen and oxygen atoms in total. The van der Waals surface area contributed by atoms with Gasteiger partial charge in [-0.15, -0.1) is 6.54 Å². The summed E-state index contributed by atoms with van der Waals surface area (Å²) in [5.41, 5.74) is -5.26. The van der Waals surface area contributed by atoms with E-state index < -0.39 is 34.7 Å². The van der Waals surface area contributed by atoms with Gasteiger partial charge < -0.3 is 9.46 Å². The Bertz CT molecular complexity index is 615. The number of sulfonamides is 1. The van der Waals surface area contributed by atoms with Crippen molar-refractivity contribution in [3.8, 4) is 0 Å². The number of rotatable bonds is 5. The highest BCUT2D eigenvalue weighted by molar-refractivity contribution is 14.1. The molecule has 0 heterocycles. The molecular weight excluding hydrogens is 494 g/mol. The highest BCUT2D eigenvalue weighted by Crippen LogP contribution is 2.27. The molecule has 1 aromatic rings. The Kier molecular flexibility index (Phi) is 6.43. The van der Waals surface area contributed by atoms with Gasteiger partial charge in [0.2, 0.25) is 0 Å². The van der Waals surface area contributed by atoms with E-state index in [-0.39, 0.29) is 5.56 Å². The van der Waals surface area contributed by atoms with E-state index in [0.717, 1.165) is 3.57 Å². The molecule has 1 rings (SSSR count). The summed E-state index contributed by atoms with van der Waals surface area (Å²) in [4.78, 5) is 11.6. The number of carbonyl (C=O) groups is 1. The molecule has 0 radical (unpaired) electrons. The molecule has 118 valence electrons. The van der Waals surface area contributed by atoms with Crippen molar-refractivity contribution in [3.05, 3.63) is 36.5 Å². The second kappa shape index (κ2) is 7.24. The third-order valence-electron chi connectivity index (χ3n) is 1.98. The zero-order valence-electron chi connectivity index (χ0n) is 10.0. The second-order valence-corrected chi connectivity index (χ2v) is 7.40. The van der Waals surface area contributed by atoms with Crippen molar-refractivity contribution < 1.29 is 31.1 Å². The van der Waals surface area contributed by atoms with Crippen molar-refractivity contribution in [1.82, 2.24) is 0 Å². The third kappa shape index (κ3) is 5.71. The standard InChI is InChI=1S/C10H7BrF3INO4S/c11-7-3-6(4-8(15)5-7)9(17)20-2-1-16-21(18,19)10(12,13)14/h3-5H,1-2H2/q-1. The molecule has 0 spiro atoms. The Hall–Kier alpha value is -0.400. The molecule has 0 aromatic heterocycles. The van der Waals surface area contributed by atoms with Crippen molar-refractivity contribution in [3.63, 3.8) is 0 Å². The molecular formula is C10H7BrF3INO4S-. The quantitative estimate of drug-likeness (QED) is 0.352. The minimum absolute atomic E-state index is 0.187. The fraction of sp³-hybridized carbons (Fsp3) is 0.300. The molecule has 1 aromatic carbocycles. The van der Waals surface area contributed by atoms with Crippen LogP contribution < -0.4 is 0 Å². The van der Waals surface area contributed by atoms with Crippen LogP contribution in [0.4, 0.5) is 13.2 Å². The molecule has 0 aliphatic heterocycles. The molecule has 0 amide bonds. The van der Waals surface area contributed by atoms with E-state index in [1.165, 1.54) is 12.1 Å². The van der Waals surface area contributed by atoms with Gasteiger partial charge in [-0.05, 0) is 40.8 Å². The number of alkyl halides is 3. The summed E-state index contributed by atoms with van der Waals surface area (Å²) in [6.45, 7) is -1.37. The first-order chi connectivity index (χ1) is 9.53. The van der Waals surface area contributed by atoms with Crippen LogP contribution in [0, 0.1) is 3.57 Å². The number of carbonyl (C=O) groups excluding carboxylic acids is 1. The predicted molar refractivity (Wildman–Crippen MR) is 80.3 cm³/mol. The van der Waals surface area contributed by atoms with Crippen LogP contribution in [0.25, 0.3) is 4.72 Å². The first kappa shape index (κ1) is 18.6. The summed E-state index contributed by atoms with van der Waals surface area (Å²) in [6, 6.07) is 4.72. The fourth-order valence-corrected chi connectivity index (χ4v) is 3.18. The van der Waals surface area contributed by atoms with Crippen molar-refractivity contribution >= 4 is 54.5 Å². The lowest BCUT2D eigenvalue weighted by molar-refractivity contribution is -0.0427. The maximum atomic E-state index is 12.0. The first-order valence-corrected chi connectivity index (χ1v) is 8.47. The normalized spacial score (nSPS) is 12.2. The number of esters is 1. The highest BCUT2D eigenvalue weighted by atomic mass is 127. The number of hydrogen-bond donors (Lipinski definition) is 0. The van der Waals surface area contributed by atoms with Crippen molar-refractivity contribution in [2.24, 2.45) is 0 Å². The monoisotopic (exact) mass is 500 g/mol. The molecule has 11 heteroatoms. The molecule has 0 N–H and O–H groups in total. The van der Waals surface area contributed by atoms with Gasteiger partial charge in [-0.3, -0.25) is 0 Å². The summed E-state index contributed by atoms with van der Waals surface area (Å²) >= 11 is 5.14. The largest absolute Gasteiger partial charge is 0.538 e. The van der Waals surface area contributed by atoms with E-state index in [1.54, 1.807) is 6.07 Å². The van der Waals surface area contributed by atoms with Gasteiger partial charge in [-0.25, -0.2) is 13.2 Å². The smallest absolute Gasteiger partial charge is 0.480 e. The van der Waals surface area contributed by atoms with Gasteiger partial charge in [0.25, 0.3) is 0 Å². The van der Waals surface area contributed by atoms with Crippen molar-refractivity contribution in [1.29, 1.82) is 0 Å². The number of halogens is 5. The summed E-state index contributed by atoms with van der Waals surface area (Å²) in [5.74, 6) is -0.783. The molecule has 0 atom stereocenters. The topological polar surface area (TPSA) is 74.5 Å². The minimum atomic E-state index is -5.55. The van der Waals surface area contributed by atoms with Crippen LogP contribution in [-0.4, -0.2) is 33.0 Å². The Morgan fingerprint density at radius 1 is 1.33 bits per heavy atom. The fourth-order valence-electron chi connectivity index (χ4n) is 1.12. The summed E-state index contributed by atoms with van der Waals surface area (Å²) in [5, 5.41) is 0. The molecule has 0 aliphatic carbocycles. The predicted octanol–water partition coefficient (Wildman–Crippen LogP) is 3.43. The average Bonchev–Trinajstić information content (AvgIpc) is 2.31. The lowest BCUT2D eigenvalue weighted by Gasteiger charge is -2.21. The maximum absolute atomic E-state index is 12.0. The van der Waals surface area contributed by atoms with E-state index in [4.69, 9.17) is 0 Å². The van der Waals surface area contributed by atoms with Crippen LogP contribution >= 0.6 is 38.5 Å². The molecule has 0 unspecified atom stereocenters. The molecule has 0 saturated carbocycles. The lowest BCUT2D eigenvalue weighted by atomic mass is 10.2. The van der Waals surface area contributed by atoms with E-state index in [1.807, 2.05) is 22.6 Å². The van der Waals surface area contributed by atoms with Gasteiger partial charge in [-0.2, -0.15) is 13.2 Å². The molecule has 21 heavy (non-hydrogen) atoms. The Morgan fingerprint density at radius 2 is 1.95 bits per heavy atom. The number of benzene rings is 1. The molecule has 0 aliphatic rings. The SMILES string of the molecule is O=C(OCC[N-]S(=O)(=O)C(F)(F)F)c1cc(Br)cc(I)c1. The van der Waals surface area contributed by atoms with Gasteiger partial charge in [-0.1, -0.05) is 15.9 Å². The third-order valence-corrected chi connectivity index (χ3v) is 4.16. The van der Waals surface area contributed by atoms with Crippen LogP contribution in [0.2, 0.25) is 0 Å². The zero-order valence-corrected chi connectivity index (χ0v) is 14.6. The summed E-state index contributed by atoms with van der Waals surface area (Å²) < 4.78 is 65.7. The van der Waals surface area contributed by atoms with Gasteiger partial charge in [0.05, 0.1) is 12.2 Å². The summed E-state index contributed by atoms with van der Waals surface area (Å²) in [6.07, 6.45) is 0. The molecule has 0 bridgehead atoms.